The molecule has 0 unspecified atom stereocenters. The minimum atomic E-state index is -4.14. The smallest absolute Gasteiger partial charge is 0.262 e. The van der Waals surface area contributed by atoms with E-state index in [-0.39, 0.29) is 33.8 Å². The second-order valence-corrected chi connectivity index (χ2v) is 8.50. The standard InChI is InChI=1S/C22H16ClFN2O3S/c23-18-12-7-13-19(24)17(18)14-25-30(27,28)22-20(15-8-3-1-4-9-15)29-21(26-22)16-10-5-2-6-11-16/h1-13,25H,14H2. The summed E-state index contributed by atoms with van der Waals surface area (Å²) in [6.45, 7) is -0.324. The molecule has 4 aromatic rings. The van der Waals surface area contributed by atoms with E-state index < -0.39 is 15.8 Å². The molecule has 0 aliphatic rings. The predicted octanol–water partition coefficient (Wildman–Crippen LogP) is 5.28. The quantitative estimate of drug-likeness (QED) is 0.441. The molecule has 0 fully saturated rings. The second kappa shape index (κ2) is 8.39. The van der Waals surface area contributed by atoms with Crippen molar-refractivity contribution >= 4 is 21.6 Å². The third-order valence-electron chi connectivity index (χ3n) is 4.41. The van der Waals surface area contributed by atoms with Gasteiger partial charge in [-0.2, -0.15) is 4.98 Å². The summed E-state index contributed by atoms with van der Waals surface area (Å²) in [6.07, 6.45) is 0. The Morgan fingerprint density at radius 1 is 0.900 bits per heavy atom. The summed E-state index contributed by atoms with van der Waals surface area (Å²) in [5, 5.41) is -0.147. The molecular formula is C22H16ClFN2O3S. The van der Waals surface area contributed by atoms with Crippen LogP contribution in [0.2, 0.25) is 5.02 Å². The van der Waals surface area contributed by atoms with Crippen molar-refractivity contribution in [2.75, 3.05) is 0 Å². The number of sulfonamides is 1. The first kappa shape index (κ1) is 20.3. The molecule has 0 spiro atoms. The van der Waals surface area contributed by atoms with Crippen LogP contribution in [0, 0.1) is 5.82 Å². The average molecular weight is 443 g/mol. The van der Waals surface area contributed by atoms with Gasteiger partial charge >= 0.3 is 0 Å². The molecule has 0 saturated carbocycles. The lowest BCUT2D eigenvalue weighted by molar-refractivity contribution is 0.567. The Labute approximate surface area is 178 Å². The van der Waals surface area contributed by atoms with Gasteiger partial charge in [0.05, 0.1) is 0 Å². The van der Waals surface area contributed by atoms with Gasteiger partial charge in [-0.05, 0) is 24.3 Å². The van der Waals surface area contributed by atoms with Crippen molar-refractivity contribution in [1.29, 1.82) is 0 Å². The molecule has 3 aromatic carbocycles. The van der Waals surface area contributed by atoms with Gasteiger partial charge in [0, 0.05) is 28.3 Å². The van der Waals surface area contributed by atoms with Crippen molar-refractivity contribution in [3.05, 3.63) is 95.3 Å². The molecule has 0 aliphatic carbocycles. The molecule has 0 bridgehead atoms. The molecule has 0 saturated heterocycles. The van der Waals surface area contributed by atoms with Crippen LogP contribution in [-0.2, 0) is 16.6 Å². The van der Waals surface area contributed by atoms with Gasteiger partial charge in [0.15, 0.2) is 5.76 Å². The van der Waals surface area contributed by atoms with Gasteiger partial charge in [-0.25, -0.2) is 17.5 Å². The number of hydrogen-bond acceptors (Lipinski definition) is 4. The lowest BCUT2D eigenvalue weighted by Crippen LogP contribution is -2.24. The molecule has 4 rings (SSSR count). The zero-order chi connectivity index (χ0) is 21.1. The largest absolute Gasteiger partial charge is 0.435 e. The highest BCUT2D eigenvalue weighted by Crippen LogP contribution is 2.32. The minimum Gasteiger partial charge on any atom is -0.435 e. The Kier molecular flexibility index (Phi) is 5.67. The van der Waals surface area contributed by atoms with E-state index in [1.165, 1.54) is 18.2 Å². The van der Waals surface area contributed by atoms with E-state index in [0.717, 1.165) is 0 Å². The predicted molar refractivity (Wildman–Crippen MR) is 113 cm³/mol. The number of benzene rings is 3. The van der Waals surface area contributed by atoms with E-state index in [2.05, 4.69) is 9.71 Å². The van der Waals surface area contributed by atoms with Gasteiger partial charge in [-0.3, -0.25) is 0 Å². The Morgan fingerprint density at radius 2 is 1.53 bits per heavy atom. The topological polar surface area (TPSA) is 72.2 Å². The third-order valence-corrected chi connectivity index (χ3v) is 6.07. The van der Waals surface area contributed by atoms with Crippen LogP contribution in [0.5, 0.6) is 0 Å². The highest BCUT2D eigenvalue weighted by Gasteiger charge is 2.27. The third kappa shape index (κ3) is 4.14. The number of nitrogens with zero attached hydrogens (tertiary/aromatic N) is 1. The molecule has 0 radical (unpaired) electrons. The Bertz CT molecular complexity index is 1260. The summed E-state index contributed by atoms with van der Waals surface area (Å²) in [4.78, 5) is 4.24. The number of halogens is 2. The molecule has 8 heteroatoms. The summed E-state index contributed by atoms with van der Waals surface area (Å²) in [7, 11) is -4.14. The zero-order valence-electron chi connectivity index (χ0n) is 15.5. The minimum absolute atomic E-state index is 0.0516. The van der Waals surface area contributed by atoms with E-state index >= 15 is 0 Å². The lowest BCUT2D eigenvalue weighted by atomic mass is 10.2. The van der Waals surface area contributed by atoms with Crippen molar-refractivity contribution < 1.29 is 17.2 Å². The molecule has 0 atom stereocenters. The molecule has 30 heavy (non-hydrogen) atoms. The van der Waals surface area contributed by atoms with Crippen LogP contribution < -0.4 is 4.72 Å². The summed E-state index contributed by atoms with van der Waals surface area (Å²) in [6, 6.07) is 21.9. The fraction of sp³-hybridized carbons (Fsp3) is 0.0455. The molecule has 0 aliphatic heterocycles. The molecule has 5 nitrogen and oxygen atoms in total. The van der Waals surface area contributed by atoms with Gasteiger partial charge in [-0.1, -0.05) is 66.2 Å². The van der Waals surface area contributed by atoms with Gasteiger partial charge < -0.3 is 4.42 Å². The number of rotatable bonds is 6. The first-order valence-electron chi connectivity index (χ1n) is 9.00. The zero-order valence-corrected chi connectivity index (χ0v) is 17.1. The fourth-order valence-corrected chi connectivity index (χ4v) is 4.21. The van der Waals surface area contributed by atoms with E-state index in [1.54, 1.807) is 48.5 Å². The second-order valence-electron chi connectivity index (χ2n) is 6.41. The highest BCUT2D eigenvalue weighted by molar-refractivity contribution is 7.89. The van der Waals surface area contributed by atoms with Crippen LogP contribution >= 0.6 is 11.6 Å². The van der Waals surface area contributed by atoms with Crippen LogP contribution in [0.15, 0.2) is 88.3 Å². The Morgan fingerprint density at radius 3 is 2.17 bits per heavy atom. The summed E-state index contributed by atoms with van der Waals surface area (Å²) in [5.41, 5.74) is 1.24. The van der Waals surface area contributed by atoms with Gasteiger partial charge in [0.1, 0.15) is 5.82 Å². The van der Waals surface area contributed by atoms with Crippen LogP contribution in [0.1, 0.15) is 5.56 Å². The van der Waals surface area contributed by atoms with E-state index in [9.17, 15) is 12.8 Å². The van der Waals surface area contributed by atoms with Crippen LogP contribution in [0.4, 0.5) is 4.39 Å². The number of oxazole rings is 1. The first-order chi connectivity index (χ1) is 14.5. The van der Waals surface area contributed by atoms with Gasteiger partial charge in [-0.15, -0.1) is 0 Å². The normalized spacial score (nSPS) is 11.5. The SMILES string of the molecule is O=S(=O)(NCc1c(F)cccc1Cl)c1nc(-c2ccccc2)oc1-c1ccccc1. The molecule has 1 aromatic heterocycles. The first-order valence-corrected chi connectivity index (χ1v) is 10.9. The molecule has 0 amide bonds. The summed E-state index contributed by atoms with van der Waals surface area (Å²) >= 11 is 6.01. The maximum atomic E-state index is 14.0. The number of hydrogen-bond donors (Lipinski definition) is 1. The van der Waals surface area contributed by atoms with Crippen molar-refractivity contribution in [3.8, 4) is 22.8 Å². The highest BCUT2D eigenvalue weighted by atomic mass is 35.5. The van der Waals surface area contributed by atoms with Crippen LogP contribution in [0.3, 0.4) is 0 Å². The number of nitrogens with one attached hydrogen (secondary N) is 1. The molecular weight excluding hydrogens is 427 g/mol. The van der Waals surface area contributed by atoms with Crippen molar-refractivity contribution in [2.45, 2.75) is 11.6 Å². The van der Waals surface area contributed by atoms with Crippen molar-refractivity contribution in [3.63, 3.8) is 0 Å². The van der Waals surface area contributed by atoms with Crippen LogP contribution in [0.25, 0.3) is 22.8 Å². The summed E-state index contributed by atoms with van der Waals surface area (Å²) < 4.78 is 48.4. The molecule has 1 heterocycles. The fourth-order valence-electron chi connectivity index (χ4n) is 2.90. The van der Waals surface area contributed by atoms with E-state index in [4.69, 9.17) is 16.0 Å². The monoisotopic (exact) mass is 442 g/mol. The lowest BCUT2D eigenvalue weighted by Gasteiger charge is -2.08. The van der Waals surface area contributed by atoms with E-state index in [0.29, 0.717) is 11.1 Å². The molecule has 1 N–H and O–H groups in total. The number of aromatic nitrogens is 1. The Balaban J connectivity index is 1.75. The maximum absolute atomic E-state index is 14.0. The van der Waals surface area contributed by atoms with Gasteiger partial charge in [0.2, 0.25) is 10.9 Å². The molecule has 152 valence electrons. The average Bonchev–Trinajstić information content (AvgIpc) is 3.21. The van der Waals surface area contributed by atoms with Crippen molar-refractivity contribution in [2.24, 2.45) is 0 Å². The maximum Gasteiger partial charge on any atom is 0.262 e. The summed E-state index contributed by atoms with van der Waals surface area (Å²) in [5.74, 6) is -0.334. The van der Waals surface area contributed by atoms with Gasteiger partial charge in [0.25, 0.3) is 10.0 Å². The Hall–Kier alpha value is -3.00. The van der Waals surface area contributed by atoms with Crippen LogP contribution in [-0.4, -0.2) is 13.4 Å². The van der Waals surface area contributed by atoms with E-state index in [1.807, 2.05) is 12.1 Å². The van der Waals surface area contributed by atoms with Crippen molar-refractivity contribution in [1.82, 2.24) is 9.71 Å².